The quantitative estimate of drug-likeness (QED) is 0.790. The molecule has 2 rings (SSSR count). The Labute approximate surface area is 101 Å². The van der Waals surface area contributed by atoms with Crippen LogP contribution in [0.5, 0.6) is 0 Å². The van der Waals surface area contributed by atoms with E-state index >= 15 is 0 Å². The van der Waals surface area contributed by atoms with Crippen molar-refractivity contribution in [2.45, 2.75) is 55.8 Å². The largest absolute Gasteiger partial charge is 0.389 e. The molecule has 0 bridgehead atoms. The molecule has 92 valence electrons. The van der Waals surface area contributed by atoms with Crippen molar-refractivity contribution >= 4 is 17.7 Å². The molecule has 0 radical (unpaired) electrons. The summed E-state index contributed by atoms with van der Waals surface area (Å²) in [5.41, 5.74) is -0.701. The molecule has 1 heterocycles. The predicted octanol–water partition coefficient (Wildman–Crippen LogP) is 1.69. The highest BCUT2D eigenvalue weighted by atomic mass is 32.2. The third-order valence-corrected chi connectivity index (χ3v) is 4.97. The van der Waals surface area contributed by atoms with Gasteiger partial charge in [-0.2, -0.15) is 11.8 Å². The van der Waals surface area contributed by atoms with Crippen molar-refractivity contribution in [1.29, 1.82) is 0 Å². The number of hydrogen-bond acceptors (Lipinski definition) is 3. The van der Waals surface area contributed by atoms with Gasteiger partial charge in [0.1, 0.15) is 0 Å². The van der Waals surface area contributed by atoms with Crippen molar-refractivity contribution in [2.75, 3.05) is 12.3 Å². The molecule has 2 aliphatic rings. The van der Waals surface area contributed by atoms with Gasteiger partial charge < -0.3 is 10.4 Å². The van der Waals surface area contributed by atoms with Crippen LogP contribution in [-0.4, -0.2) is 34.2 Å². The Kier molecular flexibility index (Phi) is 4.14. The third-order valence-electron chi connectivity index (χ3n) is 3.57. The van der Waals surface area contributed by atoms with Crippen LogP contribution >= 0.6 is 11.8 Å². The average molecular weight is 243 g/mol. The van der Waals surface area contributed by atoms with Gasteiger partial charge in [-0.3, -0.25) is 4.79 Å². The second kappa shape index (κ2) is 5.41. The minimum atomic E-state index is -0.701. The van der Waals surface area contributed by atoms with E-state index in [1.165, 1.54) is 18.6 Å². The first kappa shape index (κ1) is 12.2. The van der Waals surface area contributed by atoms with Crippen LogP contribution in [0.3, 0.4) is 0 Å². The lowest BCUT2D eigenvalue weighted by molar-refractivity contribution is -0.125. The van der Waals surface area contributed by atoms with Crippen LogP contribution in [-0.2, 0) is 4.79 Å². The SMILES string of the molecule is O=C(CC1(O)CCCC1)NCC1CCCS1. The molecule has 2 fully saturated rings. The van der Waals surface area contributed by atoms with E-state index < -0.39 is 5.60 Å². The highest BCUT2D eigenvalue weighted by Crippen LogP contribution is 2.32. The highest BCUT2D eigenvalue weighted by Gasteiger charge is 2.33. The summed E-state index contributed by atoms with van der Waals surface area (Å²) in [6.07, 6.45) is 6.48. The van der Waals surface area contributed by atoms with Gasteiger partial charge in [0.25, 0.3) is 0 Å². The zero-order valence-electron chi connectivity index (χ0n) is 9.71. The second-order valence-electron chi connectivity index (χ2n) is 5.05. The summed E-state index contributed by atoms with van der Waals surface area (Å²) < 4.78 is 0. The van der Waals surface area contributed by atoms with E-state index in [1.54, 1.807) is 0 Å². The molecule has 1 saturated heterocycles. The number of aliphatic hydroxyl groups is 1. The first-order valence-corrected chi connectivity index (χ1v) is 7.34. The maximum atomic E-state index is 11.7. The van der Waals surface area contributed by atoms with E-state index in [1.807, 2.05) is 11.8 Å². The molecule has 4 heteroatoms. The topological polar surface area (TPSA) is 49.3 Å². The number of thioether (sulfide) groups is 1. The molecular weight excluding hydrogens is 222 g/mol. The Balaban J connectivity index is 1.67. The molecular formula is C12H21NO2S. The average Bonchev–Trinajstić information content (AvgIpc) is 2.86. The van der Waals surface area contributed by atoms with Crippen LogP contribution < -0.4 is 5.32 Å². The fraction of sp³-hybridized carbons (Fsp3) is 0.917. The summed E-state index contributed by atoms with van der Waals surface area (Å²) in [5, 5.41) is 13.6. The summed E-state index contributed by atoms with van der Waals surface area (Å²) in [6.45, 7) is 0.777. The Morgan fingerprint density at radius 3 is 2.75 bits per heavy atom. The van der Waals surface area contributed by atoms with E-state index in [0.29, 0.717) is 11.7 Å². The lowest BCUT2D eigenvalue weighted by atomic mass is 9.98. The van der Waals surface area contributed by atoms with Crippen LogP contribution in [0.15, 0.2) is 0 Å². The van der Waals surface area contributed by atoms with Crippen molar-refractivity contribution < 1.29 is 9.90 Å². The minimum absolute atomic E-state index is 0.0249. The predicted molar refractivity (Wildman–Crippen MR) is 66.5 cm³/mol. The van der Waals surface area contributed by atoms with E-state index in [2.05, 4.69) is 5.32 Å². The standard InChI is InChI=1S/C12H21NO2S/c14-11(8-12(15)5-1-2-6-12)13-9-10-4-3-7-16-10/h10,15H,1-9H2,(H,13,14). The van der Waals surface area contributed by atoms with Crippen LogP contribution in [0.4, 0.5) is 0 Å². The van der Waals surface area contributed by atoms with Gasteiger partial charge in [0, 0.05) is 11.8 Å². The van der Waals surface area contributed by atoms with Crippen LogP contribution in [0.25, 0.3) is 0 Å². The van der Waals surface area contributed by atoms with Crippen molar-refractivity contribution in [3.05, 3.63) is 0 Å². The molecule has 1 amide bonds. The summed E-state index contributed by atoms with van der Waals surface area (Å²) in [6, 6.07) is 0. The third kappa shape index (κ3) is 3.39. The number of rotatable bonds is 4. The smallest absolute Gasteiger partial charge is 0.222 e. The van der Waals surface area contributed by atoms with E-state index in [4.69, 9.17) is 0 Å². The van der Waals surface area contributed by atoms with Crippen molar-refractivity contribution in [2.24, 2.45) is 0 Å². The maximum absolute atomic E-state index is 11.7. The second-order valence-corrected chi connectivity index (χ2v) is 6.46. The lowest BCUT2D eigenvalue weighted by Gasteiger charge is -2.21. The van der Waals surface area contributed by atoms with Gasteiger partial charge in [-0.25, -0.2) is 0 Å². The molecule has 0 aromatic rings. The van der Waals surface area contributed by atoms with Gasteiger partial charge in [-0.1, -0.05) is 12.8 Å². The normalized spacial score (nSPS) is 28.2. The lowest BCUT2D eigenvalue weighted by Crippen LogP contribution is -2.37. The number of carbonyl (C=O) groups excluding carboxylic acids is 1. The van der Waals surface area contributed by atoms with Gasteiger partial charge in [0.2, 0.25) is 5.91 Å². The number of hydrogen-bond donors (Lipinski definition) is 2. The molecule has 1 unspecified atom stereocenters. The zero-order chi connectivity index (χ0) is 11.4. The molecule has 1 saturated carbocycles. The molecule has 0 aromatic carbocycles. The molecule has 1 aliphatic carbocycles. The number of carbonyl (C=O) groups is 1. The molecule has 0 spiro atoms. The molecule has 0 aromatic heterocycles. The Morgan fingerprint density at radius 2 is 2.12 bits per heavy atom. The Hall–Kier alpha value is -0.220. The summed E-state index contributed by atoms with van der Waals surface area (Å²) >= 11 is 1.95. The van der Waals surface area contributed by atoms with Gasteiger partial charge >= 0.3 is 0 Å². The van der Waals surface area contributed by atoms with Crippen molar-refractivity contribution in [3.63, 3.8) is 0 Å². The molecule has 1 atom stereocenters. The number of amides is 1. The summed E-state index contributed by atoms with van der Waals surface area (Å²) in [5.74, 6) is 1.25. The van der Waals surface area contributed by atoms with Crippen LogP contribution in [0.1, 0.15) is 44.9 Å². The van der Waals surface area contributed by atoms with E-state index in [-0.39, 0.29) is 5.91 Å². The van der Waals surface area contributed by atoms with Crippen LogP contribution in [0, 0.1) is 0 Å². The van der Waals surface area contributed by atoms with Gasteiger partial charge in [0.05, 0.1) is 12.0 Å². The zero-order valence-corrected chi connectivity index (χ0v) is 10.5. The van der Waals surface area contributed by atoms with Gasteiger partial charge in [-0.05, 0) is 31.4 Å². The fourth-order valence-electron chi connectivity index (χ4n) is 2.60. The Bertz CT molecular complexity index is 245. The number of nitrogens with one attached hydrogen (secondary N) is 1. The first-order chi connectivity index (χ1) is 7.68. The maximum Gasteiger partial charge on any atom is 0.222 e. The molecule has 3 nitrogen and oxygen atoms in total. The van der Waals surface area contributed by atoms with E-state index in [9.17, 15) is 9.90 Å². The summed E-state index contributed by atoms with van der Waals surface area (Å²) in [7, 11) is 0. The van der Waals surface area contributed by atoms with Gasteiger partial charge in [0.15, 0.2) is 0 Å². The summed E-state index contributed by atoms with van der Waals surface area (Å²) in [4.78, 5) is 11.7. The minimum Gasteiger partial charge on any atom is -0.389 e. The van der Waals surface area contributed by atoms with E-state index in [0.717, 1.165) is 32.2 Å². The van der Waals surface area contributed by atoms with Gasteiger partial charge in [-0.15, -0.1) is 0 Å². The molecule has 2 N–H and O–H groups in total. The Morgan fingerprint density at radius 1 is 1.38 bits per heavy atom. The highest BCUT2D eigenvalue weighted by molar-refractivity contribution is 8.00. The molecule has 16 heavy (non-hydrogen) atoms. The fourth-order valence-corrected chi connectivity index (χ4v) is 3.81. The van der Waals surface area contributed by atoms with Crippen molar-refractivity contribution in [3.8, 4) is 0 Å². The first-order valence-electron chi connectivity index (χ1n) is 6.29. The molecule has 1 aliphatic heterocycles. The monoisotopic (exact) mass is 243 g/mol. The van der Waals surface area contributed by atoms with Crippen molar-refractivity contribution in [1.82, 2.24) is 5.32 Å². The van der Waals surface area contributed by atoms with Crippen LogP contribution in [0.2, 0.25) is 0 Å².